The molecule has 0 saturated heterocycles. The quantitative estimate of drug-likeness (QED) is 0.687. The third-order valence-electron chi connectivity index (χ3n) is 4.55. The summed E-state index contributed by atoms with van der Waals surface area (Å²) in [4.78, 5) is 25.1. The third kappa shape index (κ3) is 3.73. The van der Waals surface area contributed by atoms with Crippen LogP contribution in [0, 0.1) is 0 Å². The fraction of sp³-hybridized carbons (Fsp3) is 0.333. The Bertz CT molecular complexity index is 1030. The lowest BCUT2D eigenvalue weighted by Crippen LogP contribution is -2.30. The molecule has 0 unspecified atom stereocenters. The number of benzene rings is 1. The molecule has 1 aliphatic heterocycles. The van der Waals surface area contributed by atoms with E-state index in [0.29, 0.717) is 12.2 Å². The molecule has 0 radical (unpaired) electrons. The zero-order valence-corrected chi connectivity index (χ0v) is 16.2. The number of para-hydroxylation sites is 2. The molecule has 0 atom stereocenters. The van der Waals surface area contributed by atoms with Gasteiger partial charge in [-0.15, -0.1) is 0 Å². The molecule has 140 valence electrons. The van der Waals surface area contributed by atoms with E-state index in [-0.39, 0.29) is 18.1 Å². The zero-order chi connectivity index (χ0) is 18.8. The van der Waals surface area contributed by atoms with Gasteiger partial charge in [0.15, 0.2) is 0 Å². The molecule has 2 aromatic heterocycles. The molecule has 9 heteroatoms. The Morgan fingerprint density at radius 2 is 2.07 bits per heavy atom. The summed E-state index contributed by atoms with van der Waals surface area (Å²) >= 11 is 3.37. The minimum absolute atomic E-state index is 0.115. The number of nitrogens with zero attached hydrogens (tertiary/aromatic N) is 5. The fourth-order valence-corrected chi connectivity index (χ4v) is 3.55. The molecule has 27 heavy (non-hydrogen) atoms. The van der Waals surface area contributed by atoms with Crippen LogP contribution in [0.25, 0.3) is 5.69 Å². The van der Waals surface area contributed by atoms with Crippen molar-refractivity contribution in [3.05, 3.63) is 57.4 Å². The predicted molar refractivity (Wildman–Crippen MR) is 104 cm³/mol. The normalized spacial score (nSPS) is 13.8. The maximum atomic E-state index is 12.5. The number of fused-ring (bicyclic) bond motifs is 1. The predicted octanol–water partition coefficient (Wildman–Crippen LogP) is 2.36. The summed E-state index contributed by atoms with van der Waals surface area (Å²) in [6, 6.07) is 7.37. The van der Waals surface area contributed by atoms with Gasteiger partial charge in [-0.3, -0.25) is 9.36 Å². The van der Waals surface area contributed by atoms with Gasteiger partial charge >= 0.3 is 5.69 Å². The van der Waals surface area contributed by atoms with Gasteiger partial charge in [-0.2, -0.15) is 10.2 Å². The monoisotopic (exact) mass is 430 g/mol. The van der Waals surface area contributed by atoms with Crippen molar-refractivity contribution in [3.8, 4) is 5.69 Å². The Morgan fingerprint density at radius 3 is 2.89 bits per heavy atom. The number of hydrogen-bond donors (Lipinski definition) is 1. The Morgan fingerprint density at radius 1 is 1.22 bits per heavy atom. The summed E-state index contributed by atoms with van der Waals surface area (Å²) in [5.74, 6) is 0.469. The van der Waals surface area contributed by atoms with E-state index in [9.17, 15) is 9.59 Å². The van der Waals surface area contributed by atoms with E-state index in [0.717, 1.165) is 41.7 Å². The van der Waals surface area contributed by atoms with E-state index in [2.05, 4.69) is 31.4 Å². The first-order valence-corrected chi connectivity index (χ1v) is 9.67. The lowest BCUT2D eigenvalue weighted by atomic mass is 10.2. The van der Waals surface area contributed by atoms with Crippen molar-refractivity contribution in [1.29, 1.82) is 0 Å². The van der Waals surface area contributed by atoms with Crippen LogP contribution in [0.5, 0.6) is 0 Å². The van der Waals surface area contributed by atoms with Crippen molar-refractivity contribution in [1.82, 2.24) is 24.1 Å². The molecule has 4 rings (SSSR count). The Labute approximate surface area is 163 Å². The molecule has 3 heterocycles. The molecule has 1 aromatic carbocycles. The highest BCUT2D eigenvalue weighted by Gasteiger charge is 2.18. The van der Waals surface area contributed by atoms with Gasteiger partial charge in [-0.05, 0) is 40.9 Å². The first-order valence-electron chi connectivity index (χ1n) is 8.88. The minimum Gasteiger partial charge on any atom is -0.323 e. The van der Waals surface area contributed by atoms with E-state index in [1.807, 2.05) is 24.4 Å². The zero-order valence-electron chi connectivity index (χ0n) is 14.6. The summed E-state index contributed by atoms with van der Waals surface area (Å²) in [7, 11) is 0. The lowest BCUT2D eigenvalue weighted by molar-refractivity contribution is -0.117. The van der Waals surface area contributed by atoms with Gasteiger partial charge < -0.3 is 5.32 Å². The van der Waals surface area contributed by atoms with Gasteiger partial charge in [-0.1, -0.05) is 18.6 Å². The highest BCUT2D eigenvalue weighted by molar-refractivity contribution is 9.10. The van der Waals surface area contributed by atoms with Crippen molar-refractivity contribution in [2.75, 3.05) is 5.32 Å². The van der Waals surface area contributed by atoms with Crippen LogP contribution in [0.4, 0.5) is 5.69 Å². The molecule has 3 aromatic rings. The molecule has 8 nitrogen and oxygen atoms in total. The van der Waals surface area contributed by atoms with Gasteiger partial charge in [0.1, 0.15) is 12.4 Å². The third-order valence-corrected chi connectivity index (χ3v) is 4.96. The number of rotatable bonds is 4. The number of aromatic nitrogens is 5. The maximum Gasteiger partial charge on any atom is 0.346 e. The lowest BCUT2D eigenvalue weighted by Gasteiger charge is -2.10. The Balaban J connectivity index is 1.54. The van der Waals surface area contributed by atoms with Crippen molar-refractivity contribution in [2.45, 2.75) is 38.8 Å². The van der Waals surface area contributed by atoms with Crippen molar-refractivity contribution in [2.24, 2.45) is 0 Å². The molecule has 0 aliphatic carbocycles. The average Bonchev–Trinajstić information content (AvgIpc) is 3.10. The Hall–Kier alpha value is -2.68. The first-order chi connectivity index (χ1) is 13.1. The number of nitrogens with one attached hydrogen (secondary N) is 1. The van der Waals surface area contributed by atoms with Crippen LogP contribution >= 0.6 is 15.9 Å². The van der Waals surface area contributed by atoms with Crippen LogP contribution in [-0.2, 0) is 24.3 Å². The van der Waals surface area contributed by atoms with E-state index in [1.54, 1.807) is 21.5 Å². The summed E-state index contributed by atoms with van der Waals surface area (Å²) in [5.41, 5.74) is 1.14. The largest absolute Gasteiger partial charge is 0.346 e. The highest BCUT2D eigenvalue weighted by atomic mass is 79.9. The molecular formula is C18H19BrN6O2. The second-order valence-corrected chi connectivity index (χ2v) is 7.40. The SMILES string of the molecule is O=C(Cn1nc2n(c1=O)CCCCC2)Nc1ccccc1-n1cc(Br)cn1. The van der Waals surface area contributed by atoms with E-state index in [4.69, 9.17) is 0 Å². The first kappa shape index (κ1) is 17.7. The van der Waals surface area contributed by atoms with E-state index < -0.39 is 0 Å². The van der Waals surface area contributed by atoms with Crippen LogP contribution in [0.15, 0.2) is 45.9 Å². The molecule has 0 bridgehead atoms. The fourth-order valence-electron chi connectivity index (χ4n) is 3.27. The van der Waals surface area contributed by atoms with E-state index in [1.165, 1.54) is 4.68 Å². The topological polar surface area (TPSA) is 86.7 Å². The minimum atomic E-state index is -0.302. The van der Waals surface area contributed by atoms with Gasteiger partial charge in [0.2, 0.25) is 5.91 Å². The molecular weight excluding hydrogens is 412 g/mol. The Kier molecular flexibility index (Phi) is 4.93. The van der Waals surface area contributed by atoms with Crippen molar-refractivity contribution in [3.63, 3.8) is 0 Å². The molecule has 0 fully saturated rings. The number of aryl methyl sites for hydroxylation is 1. The van der Waals surface area contributed by atoms with Crippen LogP contribution in [0.2, 0.25) is 0 Å². The second-order valence-electron chi connectivity index (χ2n) is 6.49. The molecule has 0 spiro atoms. The number of hydrogen-bond acceptors (Lipinski definition) is 4. The number of anilines is 1. The summed E-state index contributed by atoms with van der Waals surface area (Å²) < 4.78 is 5.46. The second kappa shape index (κ2) is 7.51. The van der Waals surface area contributed by atoms with Crippen molar-refractivity contribution >= 4 is 27.5 Å². The van der Waals surface area contributed by atoms with Gasteiger partial charge in [0, 0.05) is 19.2 Å². The van der Waals surface area contributed by atoms with Gasteiger partial charge in [0.25, 0.3) is 0 Å². The number of halogens is 1. The summed E-state index contributed by atoms with van der Waals surface area (Å²) in [6.07, 6.45) is 7.36. The van der Waals surface area contributed by atoms with Gasteiger partial charge in [-0.25, -0.2) is 14.2 Å². The maximum absolute atomic E-state index is 12.5. The molecule has 1 amide bonds. The smallest absolute Gasteiger partial charge is 0.323 e. The summed E-state index contributed by atoms with van der Waals surface area (Å²) in [6.45, 7) is 0.558. The van der Waals surface area contributed by atoms with Crippen LogP contribution in [0.1, 0.15) is 25.1 Å². The van der Waals surface area contributed by atoms with Crippen LogP contribution in [0.3, 0.4) is 0 Å². The summed E-state index contributed by atoms with van der Waals surface area (Å²) in [5, 5.41) is 11.5. The average molecular weight is 431 g/mol. The van der Waals surface area contributed by atoms with Crippen molar-refractivity contribution < 1.29 is 4.79 Å². The standard InChI is InChI=1S/C18H19BrN6O2/c19-13-10-20-24(11-13)15-7-4-3-6-14(15)21-17(26)12-25-18(27)23-9-5-1-2-8-16(23)22-25/h3-4,6-7,10-11H,1-2,5,8-9,12H2,(H,21,26). The molecule has 1 aliphatic rings. The molecule has 0 saturated carbocycles. The number of carbonyl (C=O) groups excluding carboxylic acids is 1. The number of amides is 1. The molecule has 1 N–H and O–H groups in total. The van der Waals surface area contributed by atoms with Crippen LogP contribution in [-0.4, -0.2) is 30.0 Å². The number of carbonyl (C=O) groups is 1. The van der Waals surface area contributed by atoms with E-state index >= 15 is 0 Å². The van der Waals surface area contributed by atoms with Crippen LogP contribution < -0.4 is 11.0 Å². The van der Waals surface area contributed by atoms with Gasteiger partial charge in [0.05, 0.1) is 22.0 Å². The highest BCUT2D eigenvalue weighted by Crippen LogP contribution is 2.21.